The second-order valence-electron chi connectivity index (χ2n) is 4.82. The number of rotatable bonds is 7. The van der Waals surface area contributed by atoms with Gasteiger partial charge in [-0.3, -0.25) is 0 Å². The standard InChI is InChI=1S/C15H23N3S/c1-4-8-18-9-7-17-14(18)11-13(16-5-2)15-12(3)6-10-19-15/h6-7,9-10,13,16H,4-5,8,11H2,1-3H3. The predicted octanol–water partition coefficient (Wildman–Crippen LogP) is 3.56. The van der Waals surface area contributed by atoms with Crippen molar-refractivity contribution in [2.24, 2.45) is 0 Å². The van der Waals surface area contributed by atoms with Crippen LogP contribution in [-0.2, 0) is 13.0 Å². The molecule has 2 rings (SSSR count). The van der Waals surface area contributed by atoms with Crippen molar-refractivity contribution in [3.05, 3.63) is 40.1 Å². The SMILES string of the molecule is CCCn1ccnc1CC(NCC)c1sccc1C. The van der Waals surface area contributed by atoms with Crippen LogP contribution in [-0.4, -0.2) is 16.1 Å². The number of thiophene rings is 1. The third-order valence-corrected chi connectivity index (χ3v) is 4.45. The van der Waals surface area contributed by atoms with Gasteiger partial charge in [0.05, 0.1) is 0 Å². The highest BCUT2D eigenvalue weighted by atomic mass is 32.1. The molecule has 3 nitrogen and oxygen atoms in total. The van der Waals surface area contributed by atoms with Gasteiger partial charge in [0.15, 0.2) is 0 Å². The first-order valence-electron chi connectivity index (χ1n) is 7.03. The Morgan fingerprint density at radius 3 is 2.89 bits per heavy atom. The summed E-state index contributed by atoms with van der Waals surface area (Å²) in [5.74, 6) is 1.18. The summed E-state index contributed by atoms with van der Waals surface area (Å²) in [5, 5.41) is 5.76. The number of hydrogen-bond acceptors (Lipinski definition) is 3. The molecule has 0 aliphatic heterocycles. The van der Waals surface area contributed by atoms with Gasteiger partial charge >= 0.3 is 0 Å². The molecule has 2 aromatic rings. The topological polar surface area (TPSA) is 29.9 Å². The summed E-state index contributed by atoms with van der Waals surface area (Å²) in [6.07, 6.45) is 6.11. The molecular formula is C15H23N3S. The first-order valence-corrected chi connectivity index (χ1v) is 7.91. The van der Waals surface area contributed by atoms with Crippen molar-refractivity contribution in [1.29, 1.82) is 0 Å². The zero-order valence-electron chi connectivity index (χ0n) is 12.0. The van der Waals surface area contributed by atoms with E-state index in [1.54, 1.807) is 0 Å². The molecule has 0 amide bonds. The number of hydrogen-bond donors (Lipinski definition) is 1. The van der Waals surface area contributed by atoms with E-state index in [2.05, 4.69) is 53.3 Å². The summed E-state index contributed by atoms with van der Waals surface area (Å²) in [6.45, 7) is 8.59. The van der Waals surface area contributed by atoms with Crippen molar-refractivity contribution < 1.29 is 0 Å². The Morgan fingerprint density at radius 2 is 2.26 bits per heavy atom. The van der Waals surface area contributed by atoms with Crippen molar-refractivity contribution >= 4 is 11.3 Å². The number of imidazole rings is 1. The van der Waals surface area contributed by atoms with Gasteiger partial charge in [-0.15, -0.1) is 11.3 Å². The van der Waals surface area contributed by atoms with Crippen LogP contribution in [0.2, 0.25) is 0 Å². The third kappa shape index (κ3) is 3.45. The number of nitrogens with one attached hydrogen (secondary N) is 1. The molecule has 19 heavy (non-hydrogen) atoms. The summed E-state index contributed by atoms with van der Waals surface area (Å²) >= 11 is 1.84. The molecule has 0 saturated heterocycles. The van der Waals surface area contributed by atoms with E-state index in [0.717, 1.165) is 25.9 Å². The first kappa shape index (κ1) is 14.3. The lowest BCUT2D eigenvalue weighted by molar-refractivity contribution is 0.521. The molecule has 1 N–H and O–H groups in total. The van der Waals surface area contributed by atoms with Gasteiger partial charge in [0.1, 0.15) is 5.82 Å². The Labute approximate surface area is 119 Å². The molecule has 0 saturated carbocycles. The maximum Gasteiger partial charge on any atom is 0.110 e. The molecule has 0 fully saturated rings. The molecule has 0 aliphatic carbocycles. The summed E-state index contributed by atoms with van der Waals surface area (Å²) < 4.78 is 2.27. The molecule has 0 radical (unpaired) electrons. The van der Waals surface area contributed by atoms with Crippen molar-refractivity contribution in [2.75, 3.05) is 6.54 Å². The Balaban J connectivity index is 2.17. The average molecular weight is 277 g/mol. The lowest BCUT2D eigenvalue weighted by atomic mass is 10.1. The maximum absolute atomic E-state index is 4.52. The number of likely N-dealkylation sites (N-methyl/N-ethyl adjacent to an activating group) is 1. The molecular weight excluding hydrogens is 254 g/mol. The smallest absolute Gasteiger partial charge is 0.110 e. The monoisotopic (exact) mass is 277 g/mol. The predicted molar refractivity (Wildman–Crippen MR) is 81.7 cm³/mol. The van der Waals surface area contributed by atoms with Crippen molar-refractivity contribution in [3.8, 4) is 0 Å². The van der Waals surface area contributed by atoms with Gasteiger partial charge in [-0.2, -0.15) is 0 Å². The fourth-order valence-electron chi connectivity index (χ4n) is 2.40. The van der Waals surface area contributed by atoms with Crippen LogP contribution in [0.4, 0.5) is 0 Å². The zero-order valence-corrected chi connectivity index (χ0v) is 12.8. The van der Waals surface area contributed by atoms with E-state index in [9.17, 15) is 0 Å². The van der Waals surface area contributed by atoms with Crippen LogP contribution in [0.3, 0.4) is 0 Å². The van der Waals surface area contributed by atoms with Gasteiger partial charge < -0.3 is 9.88 Å². The molecule has 0 aromatic carbocycles. The van der Waals surface area contributed by atoms with Crippen molar-refractivity contribution in [2.45, 2.75) is 46.2 Å². The Kier molecular flexibility index (Phi) is 5.16. The minimum absolute atomic E-state index is 0.378. The minimum Gasteiger partial charge on any atom is -0.335 e. The first-order chi connectivity index (χ1) is 9.26. The second kappa shape index (κ2) is 6.87. The minimum atomic E-state index is 0.378. The van der Waals surface area contributed by atoms with Crippen LogP contribution in [0.5, 0.6) is 0 Å². The van der Waals surface area contributed by atoms with Gasteiger partial charge in [0.25, 0.3) is 0 Å². The van der Waals surface area contributed by atoms with Crippen LogP contribution in [0.25, 0.3) is 0 Å². The van der Waals surface area contributed by atoms with Crippen LogP contribution in [0, 0.1) is 6.92 Å². The summed E-state index contributed by atoms with van der Waals surface area (Å²) in [4.78, 5) is 5.96. The van der Waals surface area contributed by atoms with E-state index in [0.29, 0.717) is 6.04 Å². The normalized spacial score (nSPS) is 12.8. The van der Waals surface area contributed by atoms with Crippen molar-refractivity contribution in [1.82, 2.24) is 14.9 Å². The van der Waals surface area contributed by atoms with Crippen molar-refractivity contribution in [3.63, 3.8) is 0 Å². The Morgan fingerprint density at radius 1 is 1.42 bits per heavy atom. The molecule has 0 spiro atoms. The molecule has 0 bridgehead atoms. The van der Waals surface area contributed by atoms with Gasteiger partial charge in [-0.25, -0.2) is 4.98 Å². The zero-order chi connectivity index (χ0) is 13.7. The average Bonchev–Trinajstić information content (AvgIpc) is 2.99. The largest absolute Gasteiger partial charge is 0.335 e. The number of nitrogens with zero attached hydrogens (tertiary/aromatic N) is 2. The highest BCUT2D eigenvalue weighted by Crippen LogP contribution is 2.26. The van der Waals surface area contributed by atoms with Crippen LogP contribution >= 0.6 is 11.3 Å². The number of aromatic nitrogens is 2. The van der Waals surface area contributed by atoms with E-state index < -0.39 is 0 Å². The van der Waals surface area contributed by atoms with E-state index in [1.807, 2.05) is 17.5 Å². The summed E-state index contributed by atoms with van der Waals surface area (Å²) in [5.41, 5.74) is 1.38. The van der Waals surface area contributed by atoms with E-state index in [1.165, 1.54) is 16.3 Å². The number of aryl methyl sites for hydroxylation is 2. The van der Waals surface area contributed by atoms with Crippen LogP contribution < -0.4 is 5.32 Å². The van der Waals surface area contributed by atoms with E-state index in [-0.39, 0.29) is 0 Å². The van der Waals surface area contributed by atoms with Gasteiger partial charge in [0.2, 0.25) is 0 Å². The summed E-state index contributed by atoms with van der Waals surface area (Å²) in [7, 11) is 0. The molecule has 2 heterocycles. The van der Waals surface area contributed by atoms with Crippen LogP contribution in [0.15, 0.2) is 23.8 Å². The summed E-state index contributed by atoms with van der Waals surface area (Å²) in [6, 6.07) is 2.58. The molecule has 2 aromatic heterocycles. The maximum atomic E-state index is 4.52. The lowest BCUT2D eigenvalue weighted by Gasteiger charge is -2.18. The Hall–Kier alpha value is -1.13. The Bertz CT molecular complexity index is 501. The highest BCUT2D eigenvalue weighted by Gasteiger charge is 2.17. The van der Waals surface area contributed by atoms with Gasteiger partial charge in [-0.1, -0.05) is 13.8 Å². The van der Waals surface area contributed by atoms with Crippen LogP contribution in [0.1, 0.15) is 42.6 Å². The lowest BCUT2D eigenvalue weighted by Crippen LogP contribution is -2.24. The fraction of sp³-hybridized carbons (Fsp3) is 0.533. The third-order valence-electron chi connectivity index (χ3n) is 3.32. The fourth-order valence-corrected chi connectivity index (χ4v) is 3.41. The highest BCUT2D eigenvalue weighted by molar-refractivity contribution is 7.10. The molecule has 1 atom stereocenters. The quantitative estimate of drug-likeness (QED) is 0.838. The molecule has 0 aliphatic rings. The van der Waals surface area contributed by atoms with E-state index >= 15 is 0 Å². The second-order valence-corrected chi connectivity index (χ2v) is 5.77. The molecule has 4 heteroatoms. The van der Waals surface area contributed by atoms with Gasteiger partial charge in [-0.05, 0) is 36.9 Å². The van der Waals surface area contributed by atoms with Gasteiger partial charge in [0, 0.05) is 36.3 Å². The molecule has 104 valence electrons. The van der Waals surface area contributed by atoms with E-state index in [4.69, 9.17) is 0 Å². The molecule has 1 unspecified atom stereocenters.